The van der Waals surface area contributed by atoms with Crippen LogP contribution >= 0.6 is 34.8 Å². The van der Waals surface area contributed by atoms with Crippen LogP contribution in [0.25, 0.3) is 0 Å². The van der Waals surface area contributed by atoms with Gasteiger partial charge in [0.05, 0.1) is 10.0 Å². The van der Waals surface area contributed by atoms with E-state index >= 15 is 0 Å². The molecule has 0 unspecified atom stereocenters. The SMILES string of the molecule is O=C(O)[C@H](Cl)c1ccc(Cl)c(Cl)c1. The minimum Gasteiger partial charge on any atom is -0.480 e. The highest BCUT2D eigenvalue weighted by molar-refractivity contribution is 6.42. The van der Waals surface area contributed by atoms with Crippen LogP contribution in [0.2, 0.25) is 10.0 Å². The van der Waals surface area contributed by atoms with Crippen LogP contribution < -0.4 is 0 Å². The van der Waals surface area contributed by atoms with Crippen LogP contribution in [0.15, 0.2) is 18.2 Å². The van der Waals surface area contributed by atoms with Crippen molar-refractivity contribution in [2.24, 2.45) is 0 Å². The lowest BCUT2D eigenvalue weighted by atomic mass is 10.1. The van der Waals surface area contributed by atoms with Gasteiger partial charge in [-0.2, -0.15) is 0 Å². The molecule has 13 heavy (non-hydrogen) atoms. The van der Waals surface area contributed by atoms with E-state index in [4.69, 9.17) is 39.9 Å². The Labute approximate surface area is 90.0 Å². The number of carboxylic acid groups (broad SMARTS) is 1. The largest absolute Gasteiger partial charge is 0.480 e. The molecule has 0 fully saturated rings. The lowest BCUT2D eigenvalue weighted by Crippen LogP contribution is -2.04. The Bertz CT molecular complexity index is 338. The molecule has 1 atom stereocenters. The van der Waals surface area contributed by atoms with Gasteiger partial charge < -0.3 is 5.11 Å². The van der Waals surface area contributed by atoms with E-state index in [1.807, 2.05) is 0 Å². The minimum absolute atomic E-state index is 0.297. The van der Waals surface area contributed by atoms with Gasteiger partial charge in [-0.1, -0.05) is 29.3 Å². The summed E-state index contributed by atoms with van der Waals surface area (Å²) in [6.07, 6.45) is 0. The Morgan fingerprint density at radius 3 is 2.38 bits per heavy atom. The lowest BCUT2D eigenvalue weighted by Gasteiger charge is -2.05. The van der Waals surface area contributed by atoms with E-state index in [1.165, 1.54) is 18.2 Å². The molecule has 0 amide bonds. The molecule has 0 saturated heterocycles. The number of hydrogen-bond donors (Lipinski definition) is 1. The Balaban J connectivity index is 3.03. The summed E-state index contributed by atoms with van der Waals surface area (Å²) in [5.74, 6) is -1.11. The van der Waals surface area contributed by atoms with E-state index in [9.17, 15) is 4.79 Å². The average molecular weight is 239 g/mol. The number of carbonyl (C=O) groups is 1. The predicted octanol–water partition coefficient (Wildman–Crippen LogP) is 3.36. The number of aliphatic carboxylic acids is 1. The van der Waals surface area contributed by atoms with Gasteiger partial charge in [-0.05, 0) is 17.7 Å². The molecule has 0 spiro atoms. The monoisotopic (exact) mass is 238 g/mol. The fraction of sp³-hybridized carbons (Fsp3) is 0.125. The van der Waals surface area contributed by atoms with Gasteiger partial charge in [0.15, 0.2) is 5.38 Å². The van der Waals surface area contributed by atoms with Crippen molar-refractivity contribution in [2.45, 2.75) is 5.38 Å². The molecule has 0 radical (unpaired) electrons. The fourth-order valence-electron chi connectivity index (χ4n) is 0.813. The van der Waals surface area contributed by atoms with Crippen molar-refractivity contribution in [1.29, 1.82) is 0 Å². The highest BCUT2D eigenvalue weighted by Crippen LogP contribution is 2.28. The van der Waals surface area contributed by atoms with E-state index in [0.29, 0.717) is 15.6 Å². The Morgan fingerprint density at radius 1 is 1.31 bits per heavy atom. The van der Waals surface area contributed by atoms with Gasteiger partial charge in [0.2, 0.25) is 0 Å². The van der Waals surface area contributed by atoms with Crippen molar-refractivity contribution in [3.63, 3.8) is 0 Å². The molecule has 0 aliphatic rings. The summed E-state index contributed by atoms with van der Waals surface area (Å²) < 4.78 is 0. The second-order valence-corrected chi connectivity index (χ2v) is 3.63. The second-order valence-electron chi connectivity index (χ2n) is 2.37. The van der Waals surface area contributed by atoms with Crippen molar-refractivity contribution in [1.82, 2.24) is 0 Å². The maximum absolute atomic E-state index is 10.5. The van der Waals surface area contributed by atoms with Crippen LogP contribution in [0.1, 0.15) is 10.9 Å². The van der Waals surface area contributed by atoms with Gasteiger partial charge in [0.25, 0.3) is 0 Å². The zero-order chi connectivity index (χ0) is 10.0. The molecule has 0 saturated carbocycles. The highest BCUT2D eigenvalue weighted by atomic mass is 35.5. The van der Waals surface area contributed by atoms with Gasteiger partial charge >= 0.3 is 5.97 Å². The van der Waals surface area contributed by atoms with E-state index < -0.39 is 11.3 Å². The molecule has 2 nitrogen and oxygen atoms in total. The molecule has 70 valence electrons. The van der Waals surface area contributed by atoms with Gasteiger partial charge in [-0.15, -0.1) is 11.6 Å². The summed E-state index contributed by atoms with van der Waals surface area (Å²) in [7, 11) is 0. The molecule has 0 heterocycles. The topological polar surface area (TPSA) is 37.3 Å². The van der Waals surface area contributed by atoms with Crippen LogP contribution in [0, 0.1) is 0 Å². The summed E-state index contributed by atoms with van der Waals surface area (Å²) >= 11 is 16.9. The molecule has 5 heteroatoms. The maximum Gasteiger partial charge on any atom is 0.326 e. The summed E-state index contributed by atoms with van der Waals surface area (Å²) in [6, 6.07) is 4.48. The van der Waals surface area contributed by atoms with Crippen molar-refractivity contribution in [3.05, 3.63) is 33.8 Å². The van der Waals surface area contributed by atoms with E-state index in [1.54, 1.807) is 0 Å². The van der Waals surface area contributed by atoms with Crippen molar-refractivity contribution < 1.29 is 9.90 Å². The molecule has 1 aromatic rings. The highest BCUT2D eigenvalue weighted by Gasteiger charge is 2.16. The van der Waals surface area contributed by atoms with Gasteiger partial charge in [-0.3, -0.25) is 4.79 Å². The zero-order valence-corrected chi connectivity index (χ0v) is 8.57. The van der Waals surface area contributed by atoms with Crippen LogP contribution in [0.4, 0.5) is 0 Å². The number of rotatable bonds is 2. The first-order valence-electron chi connectivity index (χ1n) is 3.34. The Hall–Kier alpha value is -0.440. The molecule has 1 aromatic carbocycles. The molecule has 1 rings (SSSR count). The van der Waals surface area contributed by atoms with E-state index in [-0.39, 0.29) is 0 Å². The van der Waals surface area contributed by atoms with E-state index in [0.717, 1.165) is 0 Å². The van der Waals surface area contributed by atoms with Gasteiger partial charge in [0.1, 0.15) is 0 Å². The molecule has 0 aliphatic heterocycles. The van der Waals surface area contributed by atoms with Crippen LogP contribution in [0.3, 0.4) is 0 Å². The summed E-state index contributed by atoms with van der Waals surface area (Å²) in [5, 5.41) is 8.17. The lowest BCUT2D eigenvalue weighted by molar-refractivity contribution is -0.136. The summed E-state index contributed by atoms with van der Waals surface area (Å²) in [5.41, 5.74) is 0.420. The molecule has 0 aliphatic carbocycles. The third-order valence-electron chi connectivity index (χ3n) is 1.45. The smallest absolute Gasteiger partial charge is 0.326 e. The quantitative estimate of drug-likeness (QED) is 0.804. The first-order chi connectivity index (χ1) is 6.02. The standard InChI is InChI=1S/C8H5Cl3O2/c9-5-2-1-4(3-6(5)10)7(11)8(12)13/h1-3,7H,(H,12,13)/t7-/m1/s1. The molecular weight excluding hydrogens is 234 g/mol. The van der Waals surface area contributed by atoms with Gasteiger partial charge in [0, 0.05) is 0 Å². The normalized spacial score (nSPS) is 12.5. The first kappa shape index (κ1) is 10.6. The number of carboxylic acids is 1. The van der Waals surface area contributed by atoms with Gasteiger partial charge in [-0.25, -0.2) is 0 Å². The number of alkyl halides is 1. The zero-order valence-electron chi connectivity index (χ0n) is 6.30. The van der Waals surface area contributed by atoms with E-state index in [2.05, 4.69) is 0 Å². The third kappa shape index (κ3) is 2.50. The second kappa shape index (κ2) is 4.18. The van der Waals surface area contributed by atoms with Crippen molar-refractivity contribution >= 4 is 40.8 Å². The average Bonchev–Trinajstić information content (AvgIpc) is 2.08. The Morgan fingerprint density at radius 2 is 1.92 bits per heavy atom. The first-order valence-corrected chi connectivity index (χ1v) is 4.53. The molecule has 0 aromatic heterocycles. The number of benzene rings is 1. The molecular formula is C8H5Cl3O2. The fourth-order valence-corrected chi connectivity index (χ4v) is 1.25. The number of hydrogen-bond acceptors (Lipinski definition) is 1. The summed E-state index contributed by atoms with van der Waals surface area (Å²) in [6.45, 7) is 0. The minimum atomic E-state index is -1.11. The van der Waals surface area contributed by atoms with Crippen molar-refractivity contribution in [3.8, 4) is 0 Å². The molecule has 0 bridgehead atoms. The van der Waals surface area contributed by atoms with Crippen LogP contribution in [-0.4, -0.2) is 11.1 Å². The predicted molar refractivity (Wildman–Crippen MR) is 52.7 cm³/mol. The Kier molecular flexibility index (Phi) is 3.42. The number of halogens is 3. The maximum atomic E-state index is 10.5. The molecule has 1 N–H and O–H groups in total. The van der Waals surface area contributed by atoms with Crippen LogP contribution in [0.5, 0.6) is 0 Å². The third-order valence-corrected chi connectivity index (χ3v) is 2.63. The van der Waals surface area contributed by atoms with Crippen molar-refractivity contribution in [2.75, 3.05) is 0 Å². The van der Waals surface area contributed by atoms with Crippen LogP contribution in [-0.2, 0) is 4.79 Å². The summed E-state index contributed by atoms with van der Waals surface area (Å²) in [4.78, 5) is 10.5.